The molecule has 0 bridgehead atoms. The third-order valence-corrected chi connectivity index (χ3v) is 5.15. The Bertz CT molecular complexity index is 718. The molecule has 0 amide bonds. The summed E-state index contributed by atoms with van der Waals surface area (Å²) in [6.07, 6.45) is 6.39. The van der Waals surface area contributed by atoms with Crippen LogP contribution in [0.25, 0.3) is 0 Å². The van der Waals surface area contributed by atoms with Crippen molar-refractivity contribution in [2.24, 2.45) is 5.14 Å². The molecule has 1 aromatic carbocycles. The van der Waals surface area contributed by atoms with Gasteiger partial charge in [-0.2, -0.15) is 4.72 Å². The molecule has 1 unspecified atom stereocenters. The fraction of sp³-hybridized carbons (Fsp3) is 0.333. The SMILES string of the molecule is C#CC(CCC)NS(=O)(=O)c1ccccc1S(N)(=O)=O. The van der Waals surface area contributed by atoms with Crippen molar-refractivity contribution in [2.45, 2.75) is 35.6 Å². The Morgan fingerprint density at radius 2 is 1.80 bits per heavy atom. The Morgan fingerprint density at radius 3 is 2.25 bits per heavy atom. The highest BCUT2D eigenvalue weighted by molar-refractivity contribution is 7.92. The van der Waals surface area contributed by atoms with Crippen molar-refractivity contribution in [3.05, 3.63) is 24.3 Å². The quantitative estimate of drug-likeness (QED) is 0.741. The predicted octanol–water partition coefficient (Wildman–Crippen LogP) is 0.414. The molecule has 6 nitrogen and oxygen atoms in total. The Hall–Kier alpha value is -1.40. The van der Waals surface area contributed by atoms with E-state index >= 15 is 0 Å². The van der Waals surface area contributed by atoms with E-state index in [1.807, 2.05) is 6.92 Å². The minimum atomic E-state index is -4.14. The molecular weight excluding hydrogens is 300 g/mol. The van der Waals surface area contributed by atoms with Gasteiger partial charge in [0.15, 0.2) is 0 Å². The summed E-state index contributed by atoms with van der Waals surface area (Å²) in [5.74, 6) is 2.32. The van der Waals surface area contributed by atoms with Gasteiger partial charge < -0.3 is 0 Å². The van der Waals surface area contributed by atoms with Gasteiger partial charge in [0.1, 0.15) is 9.79 Å². The molecule has 8 heteroatoms. The van der Waals surface area contributed by atoms with Crippen LogP contribution in [0.5, 0.6) is 0 Å². The van der Waals surface area contributed by atoms with E-state index in [0.29, 0.717) is 12.8 Å². The highest BCUT2D eigenvalue weighted by Gasteiger charge is 2.25. The lowest BCUT2D eigenvalue weighted by Gasteiger charge is -2.14. The maximum atomic E-state index is 12.2. The summed E-state index contributed by atoms with van der Waals surface area (Å²) in [5, 5.41) is 5.02. The Kier molecular flexibility index (Phi) is 5.30. The lowest BCUT2D eigenvalue weighted by molar-refractivity contribution is 0.559. The maximum Gasteiger partial charge on any atom is 0.243 e. The summed E-state index contributed by atoms with van der Waals surface area (Å²) in [4.78, 5) is -0.862. The average molecular weight is 316 g/mol. The molecule has 0 aliphatic carbocycles. The lowest BCUT2D eigenvalue weighted by Crippen LogP contribution is -2.34. The first-order valence-corrected chi connectivity index (χ1v) is 8.85. The van der Waals surface area contributed by atoms with Crippen LogP contribution >= 0.6 is 0 Å². The number of sulfonamides is 2. The second-order valence-corrected chi connectivity index (χ2v) is 7.33. The van der Waals surface area contributed by atoms with Crippen molar-refractivity contribution in [3.8, 4) is 12.3 Å². The lowest BCUT2D eigenvalue weighted by atomic mass is 10.2. The van der Waals surface area contributed by atoms with Gasteiger partial charge in [-0.1, -0.05) is 31.4 Å². The Balaban J connectivity index is 3.28. The van der Waals surface area contributed by atoms with Gasteiger partial charge in [0, 0.05) is 0 Å². The third kappa shape index (κ3) is 4.05. The van der Waals surface area contributed by atoms with Crippen LogP contribution < -0.4 is 9.86 Å². The number of rotatable bonds is 6. The number of terminal acetylenes is 1. The van der Waals surface area contributed by atoms with Crippen LogP contribution in [0, 0.1) is 12.3 Å². The molecule has 0 radical (unpaired) electrons. The molecule has 1 atom stereocenters. The number of hydrogen-bond acceptors (Lipinski definition) is 4. The van der Waals surface area contributed by atoms with Gasteiger partial charge in [0.25, 0.3) is 0 Å². The summed E-state index contributed by atoms with van der Waals surface area (Å²) in [7, 11) is -8.20. The van der Waals surface area contributed by atoms with Gasteiger partial charge in [0.2, 0.25) is 20.0 Å². The summed E-state index contributed by atoms with van der Waals surface area (Å²) in [6.45, 7) is 1.86. The van der Waals surface area contributed by atoms with Crippen molar-refractivity contribution in [3.63, 3.8) is 0 Å². The van der Waals surface area contributed by atoms with Crippen molar-refractivity contribution in [1.82, 2.24) is 4.72 Å². The van der Waals surface area contributed by atoms with Crippen LogP contribution in [-0.2, 0) is 20.0 Å². The van der Waals surface area contributed by atoms with E-state index in [4.69, 9.17) is 11.6 Å². The van der Waals surface area contributed by atoms with Gasteiger partial charge in [-0.25, -0.2) is 22.0 Å². The van der Waals surface area contributed by atoms with Crippen molar-refractivity contribution >= 4 is 20.0 Å². The number of primary sulfonamides is 1. The minimum absolute atomic E-state index is 0.404. The monoisotopic (exact) mass is 316 g/mol. The van der Waals surface area contributed by atoms with Crippen LogP contribution in [0.3, 0.4) is 0 Å². The first kappa shape index (κ1) is 16.7. The second kappa shape index (κ2) is 6.37. The fourth-order valence-corrected chi connectivity index (χ4v) is 4.20. The first-order valence-electron chi connectivity index (χ1n) is 5.82. The average Bonchev–Trinajstić information content (AvgIpc) is 2.37. The molecule has 0 heterocycles. The van der Waals surface area contributed by atoms with Crippen molar-refractivity contribution in [2.75, 3.05) is 0 Å². The summed E-state index contributed by atoms with van der Waals surface area (Å²) in [6, 6.07) is 4.41. The molecule has 0 saturated heterocycles. The number of benzene rings is 1. The fourth-order valence-electron chi connectivity index (χ4n) is 1.62. The van der Waals surface area contributed by atoms with Crippen molar-refractivity contribution < 1.29 is 16.8 Å². The van der Waals surface area contributed by atoms with Crippen LogP contribution in [0.4, 0.5) is 0 Å². The van der Waals surface area contributed by atoms with Crippen LogP contribution in [0.1, 0.15) is 19.8 Å². The second-order valence-electron chi connectivity index (χ2n) is 4.12. The van der Waals surface area contributed by atoms with E-state index in [2.05, 4.69) is 10.6 Å². The van der Waals surface area contributed by atoms with Gasteiger partial charge in [-0.3, -0.25) is 0 Å². The molecule has 3 N–H and O–H groups in total. The molecule has 0 spiro atoms. The summed E-state index contributed by atoms with van der Waals surface area (Å²) >= 11 is 0. The predicted molar refractivity (Wildman–Crippen MR) is 75.7 cm³/mol. The standard InChI is InChI=1S/C12H16N2O4S2/c1-3-7-10(4-2)14-20(17,18)12-9-6-5-8-11(12)19(13,15)16/h2,5-6,8-10,14H,3,7H2,1H3,(H2,13,15,16). The van der Waals surface area contributed by atoms with E-state index in [1.54, 1.807) is 0 Å². The molecule has 1 rings (SSSR count). The molecule has 110 valence electrons. The molecular formula is C12H16N2O4S2. The largest absolute Gasteiger partial charge is 0.243 e. The molecule has 1 aromatic rings. The highest BCUT2D eigenvalue weighted by atomic mass is 32.2. The van der Waals surface area contributed by atoms with Gasteiger partial charge in [-0.05, 0) is 18.6 Å². The van der Waals surface area contributed by atoms with Gasteiger partial charge in [0.05, 0.1) is 6.04 Å². The molecule has 0 aliphatic heterocycles. The zero-order valence-electron chi connectivity index (χ0n) is 10.9. The first-order chi connectivity index (χ1) is 9.22. The molecule has 0 aliphatic rings. The zero-order chi connectivity index (χ0) is 15.4. The molecule has 0 aromatic heterocycles. The van der Waals surface area contributed by atoms with Gasteiger partial charge in [-0.15, -0.1) is 6.42 Å². The van der Waals surface area contributed by atoms with Crippen LogP contribution in [0.15, 0.2) is 34.1 Å². The normalized spacial score (nSPS) is 13.7. The van der Waals surface area contributed by atoms with E-state index in [9.17, 15) is 16.8 Å². The number of nitrogens with two attached hydrogens (primary N) is 1. The van der Waals surface area contributed by atoms with Crippen LogP contribution in [-0.4, -0.2) is 22.9 Å². The smallest absolute Gasteiger partial charge is 0.225 e. The van der Waals surface area contributed by atoms with E-state index < -0.39 is 35.9 Å². The van der Waals surface area contributed by atoms with E-state index in [1.165, 1.54) is 18.2 Å². The zero-order valence-corrected chi connectivity index (χ0v) is 12.5. The molecule has 0 saturated carbocycles. The molecule has 20 heavy (non-hydrogen) atoms. The van der Waals surface area contributed by atoms with Gasteiger partial charge >= 0.3 is 0 Å². The maximum absolute atomic E-state index is 12.2. The van der Waals surface area contributed by atoms with E-state index in [-0.39, 0.29) is 0 Å². The Morgan fingerprint density at radius 1 is 1.25 bits per heavy atom. The highest BCUT2D eigenvalue weighted by Crippen LogP contribution is 2.19. The Labute approximate surface area is 119 Å². The third-order valence-electron chi connectivity index (χ3n) is 2.52. The number of nitrogens with one attached hydrogen (secondary N) is 1. The number of hydrogen-bond donors (Lipinski definition) is 2. The molecule has 0 fully saturated rings. The topological polar surface area (TPSA) is 106 Å². The summed E-state index contributed by atoms with van der Waals surface area (Å²) in [5.41, 5.74) is 0. The van der Waals surface area contributed by atoms with E-state index in [0.717, 1.165) is 6.07 Å². The van der Waals surface area contributed by atoms with Crippen LogP contribution in [0.2, 0.25) is 0 Å². The minimum Gasteiger partial charge on any atom is -0.225 e. The van der Waals surface area contributed by atoms with Crippen molar-refractivity contribution in [1.29, 1.82) is 0 Å². The summed E-state index contributed by atoms with van der Waals surface area (Å²) < 4.78 is 49.6.